The van der Waals surface area contributed by atoms with Crippen LogP contribution in [0.4, 0.5) is 9.52 Å². The molecular weight excluding hydrogens is 275 g/mol. The van der Waals surface area contributed by atoms with E-state index in [0.29, 0.717) is 10.7 Å². The Hall–Kier alpha value is -1.47. The molecule has 0 atom stereocenters. The van der Waals surface area contributed by atoms with Crippen LogP contribution < -0.4 is 4.72 Å². The Balaban J connectivity index is 2.36. The van der Waals surface area contributed by atoms with Crippen LogP contribution in [0.1, 0.15) is 11.3 Å². The Kier molecular flexibility index (Phi) is 3.36. The molecule has 2 rings (SSSR count). The van der Waals surface area contributed by atoms with Crippen molar-refractivity contribution < 1.29 is 12.8 Å². The molecule has 7 heteroatoms. The topological polar surface area (TPSA) is 59.1 Å². The molecule has 0 spiro atoms. The van der Waals surface area contributed by atoms with E-state index in [2.05, 4.69) is 9.71 Å². The maximum absolute atomic E-state index is 12.9. The predicted molar refractivity (Wildman–Crippen MR) is 68.8 cm³/mol. The van der Waals surface area contributed by atoms with E-state index in [9.17, 15) is 12.8 Å². The highest BCUT2D eigenvalue weighted by Crippen LogP contribution is 2.22. The van der Waals surface area contributed by atoms with Crippen LogP contribution >= 0.6 is 11.3 Å². The molecule has 0 bridgehead atoms. The Morgan fingerprint density at radius 1 is 1.33 bits per heavy atom. The number of hydrogen-bond acceptors (Lipinski definition) is 4. The fourth-order valence-corrected chi connectivity index (χ4v) is 3.65. The number of aromatic nitrogens is 1. The van der Waals surface area contributed by atoms with E-state index < -0.39 is 15.8 Å². The smallest absolute Gasteiger partial charge is 0.255 e. The Morgan fingerprint density at radius 3 is 2.61 bits per heavy atom. The van der Waals surface area contributed by atoms with E-state index in [4.69, 9.17) is 0 Å². The molecule has 0 radical (unpaired) electrons. The fraction of sp³-hybridized carbons (Fsp3) is 0.182. The molecule has 96 valence electrons. The van der Waals surface area contributed by atoms with Gasteiger partial charge in [0.2, 0.25) is 0 Å². The molecule has 0 unspecified atom stereocenters. The van der Waals surface area contributed by atoms with Crippen molar-refractivity contribution in [3.8, 4) is 0 Å². The number of hydrogen-bond donors (Lipinski definition) is 1. The number of thiazole rings is 1. The quantitative estimate of drug-likeness (QED) is 0.943. The van der Waals surface area contributed by atoms with Crippen LogP contribution in [0.5, 0.6) is 0 Å². The zero-order valence-corrected chi connectivity index (χ0v) is 11.4. The van der Waals surface area contributed by atoms with Crippen molar-refractivity contribution >= 4 is 26.5 Å². The summed E-state index contributed by atoms with van der Waals surface area (Å²) in [4.78, 5) is 4.08. The Bertz CT molecular complexity index is 680. The third kappa shape index (κ3) is 2.68. The van der Waals surface area contributed by atoms with Crippen molar-refractivity contribution in [3.63, 3.8) is 0 Å². The number of aryl methyl sites for hydroxylation is 2. The summed E-state index contributed by atoms with van der Waals surface area (Å²) in [6, 6.07) is 3.55. The summed E-state index contributed by atoms with van der Waals surface area (Å²) < 4.78 is 39.5. The SMILES string of the molecule is Cc1csc(NS(=O)(=O)c2ccc(F)cc2C)n1. The lowest BCUT2D eigenvalue weighted by Crippen LogP contribution is -2.14. The van der Waals surface area contributed by atoms with Crippen molar-refractivity contribution in [2.45, 2.75) is 18.7 Å². The normalized spacial score (nSPS) is 11.5. The van der Waals surface area contributed by atoms with Crippen LogP contribution in [0.15, 0.2) is 28.5 Å². The van der Waals surface area contributed by atoms with Crippen LogP contribution in [0.25, 0.3) is 0 Å². The van der Waals surface area contributed by atoms with Gasteiger partial charge in [0.25, 0.3) is 10.0 Å². The van der Waals surface area contributed by atoms with Crippen LogP contribution in [-0.4, -0.2) is 13.4 Å². The lowest BCUT2D eigenvalue weighted by Gasteiger charge is -2.07. The van der Waals surface area contributed by atoms with Crippen molar-refractivity contribution in [1.29, 1.82) is 0 Å². The fourth-order valence-electron chi connectivity index (χ4n) is 1.49. The lowest BCUT2D eigenvalue weighted by molar-refractivity contribution is 0.598. The summed E-state index contributed by atoms with van der Waals surface area (Å²) in [5.41, 5.74) is 1.10. The summed E-state index contributed by atoms with van der Waals surface area (Å²) in [5, 5.41) is 2.05. The van der Waals surface area contributed by atoms with Gasteiger partial charge in [-0.15, -0.1) is 11.3 Å². The highest BCUT2D eigenvalue weighted by molar-refractivity contribution is 7.93. The monoisotopic (exact) mass is 286 g/mol. The van der Waals surface area contributed by atoms with Crippen molar-refractivity contribution in [2.75, 3.05) is 4.72 Å². The Morgan fingerprint density at radius 2 is 2.06 bits per heavy atom. The second-order valence-corrected chi connectivity index (χ2v) is 6.32. The van der Waals surface area contributed by atoms with Crippen LogP contribution in [0.3, 0.4) is 0 Å². The van der Waals surface area contributed by atoms with Gasteiger partial charge >= 0.3 is 0 Å². The van der Waals surface area contributed by atoms with Crippen molar-refractivity contribution in [1.82, 2.24) is 4.98 Å². The minimum absolute atomic E-state index is 0.0525. The van der Waals surface area contributed by atoms with Gasteiger partial charge in [0.15, 0.2) is 5.13 Å². The zero-order chi connectivity index (χ0) is 13.3. The molecular formula is C11H11FN2O2S2. The van der Waals surface area contributed by atoms with Gasteiger partial charge in [0.05, 0.1) is 10.6 Å². The molecule has 0 aliphatic rings. The average molecular weight is 286 g/mol. The van der Waals surface area contributed by atoms with Crippen molar-refractivity contribution in [2.24, 2.45) is 0 Å². The van der Waals surface area contributed by atoms with Crippen LogP contribution in [0.2, 0.25) is 0 Å². The van der Waals surface area contributed by atoms with E-state index in [0.717, 1.165) is 11.8 Å². The minimum atomic E-state index is -3.72. The maximum Gasteiger partial charge on any atom is 0.263 e. The first-order valence-corrected chi connectivity index (χ1v) is 7.46. The largest absolute Gasteiger partial charge is 0.263 e. The molecule has 4 nitrogen and oxygen atoms in total. The molecule has 1 aromatic carbocycles. The van der Waals surface area contributed by atoms with Gasteiger partial charge in [-0.25, -0.2) is 17.8 Å². The number of rotatable bonds is 3. The number of nitrogens with zero attached hydrogens (tertiary/aromatic N) is 1. The first-order valence-electron chi connectivity index (χ1n) is 5.09. The second kappa shape index (κ2) is 4.66. The Labute approximate surface area is 109 Å². The summed E-state index contributed by atoms with van der Waals surface area (Å²) in [6.07, 6.45) is 0. The van der Waals surface area contributed by atoms with Crippen molar-refractivity contribution in [3.05, 3.63) is 40.7 Å². The van der Waals surface area contributed by atoms with Crippen LogP contribution in [-0.2, 0) is 10.0 Å². The predicted octanol–water partition coefficient (Wildman–Crippen LogP) is 2.70. The van der Waals surface area contributed by atoms with Gasteiger partial charge in [0, 0.05) is 5.38 Å². The number of halogens is 1. The van der Waals surface area contributed by atoms with Crippen LogP contribution in [0, 0.1) is 19.7 Å². The molecule has 0 aliphatic heterocycles. The molecule has 0 amide bonds. The highest BCUT2D eigenvalue weighted by atomic mass is 32.2. The van der Waals surface area contributed by atoms with E-state index in [-0.39, 0.29) is 4.90 Å². The molecule has 0 fully saturated rings. The van der Waals surface area contributed by atoms with E-state index in [1.54, 1.807) is 19.2 Å². The summed E-state index contributed by atoms with van der Waals surface area (Å²) in [6.45, 7) is 3.32. The number of benzene rings is 1. The minimum Gasteiger partial charge on any atom is -0.255 e. The molecule has 1 heterocycles. The third-order valence-electron chi connectivity index (χ3n) is 2.27. The lowest BCUT2D eigenvalue weighted by atomic mass is 10.2. The number of nitrogens with one attached hydrogen (secondary N) is 1. The molecule has 1 aromatic heterocycles. The van der Waals surface area contributed by atoms with Gasteiger partial charge in [-0.1, -0.05) is 0 Å². The van der Waals surface area contributed by atoms with Gasteiger partial charge in [-0.2, -0.15) is 0 Å². The molecule has 1 N–H and O–H groups in total. The standard InChI is InChI=1S/C11H11FN2O2S2/c1-7-5-9(12)3-4-10(7)18(15,16)14-11-13-8(2)6-17-11/h3-6H,1-2H3,(H,13,14). The average Bonchev–Trinajstić information content (AvgIpc) is 2.62. The zero-order valence-electron chi connectivity index (χ0n) is 9.77. The summed E-state index contributed by atoms with van der Waals surface area (Å²) in [7, 11) is -3.72. The summed E-state index contributed by atoms with van der Waals surface area (Å²) in [5.74, 6) is -0.462. The van der Waals surface area contributed by atoms with E-state index >= 15 is 0 Å². The van der Waals surface area contributed by atoms with Gasteiger partial charge in [-0.3, -0.25) is 4.72 Å². The van der Waals surface area contributed by atoms with Gasteiger partial charge < -0.3 is 0 Å². The highest BCUT2D eigenvalue weighted by Gasteiger charge is 2.18. The maximum atomic E-state index is 12.9. The number of anilines is 1. The first-order chi connectivity index (χ1) is 8.38. The van der Waals surface area contributed by atoms with E-state index in [1.807, 2.05) is 0 Å². The molecule has 0 saturated heterocycles. The summed E-state index contributed by atoms with van der Waals surface area (Å²) >= 11 is 1.20. The van der Waals surface area contributed by atoms with E-state index in [1.165, 1.54) is 23.5 Å². The van der Waals surface area contributed by atoms with Gasteiger partial charge in [0.1, 0.15) is 5.82 Å². The number of sulfonamides is 1. The second-order valence-electron chi connectivity index (χ2n) is 3.81. The molecule has 2 aromatic rings. The van der Waals surface area contributed by atoms with Gasteiger partial charge in [-0.05, 0) is 37.6 Å². The first kappa shape index (κ1) is 13.0. The third-order valence-corrected chi connectivity index (χ3v) is 4.77. The molecule has 0 aliphatic carbocycles. The molecule has 18 heavy (non-hydrogen) atoms. The molecule has 0 saturated carbocycles.